The highest BCUT2D eigenvalue weighted by Gasteiger charge is 2.04. The van der Waals surface area contributed by atoms with Crippen LogP contribution in [0.15, 0.2) is 58.3 Å². The molecule has 1 aliphatic heterocycles. The second-order valence-electron chi connectivity index (χ2n) is 7.97. The van der Waals surface area contributed by atoms with Gasteiger partial charge in [-0.15, -0.1) is 0 Å². The van der Waals surface area contributed by atoms with Crippen molar-refractivity contribution in [1.29, 1.82) is 0 Å². The number of ether oxygens (including phenoxy) is 2. The topological polar surface area (TPSA) is 188 Å². The van der Waals surface area contributed by atoms with Gasteiger partial charge in [0.1, 0.15) is 20.2 Å². The van der Waals surface area contributed by atoms with Crippen LogP contribution in [0.2, 0.25) is 0 Å². The van der Waals surface area contributed by atoms with Gasteiger partial charge in [-0.2, -0.15) is 0 Å². The Bertz CT molecular complexity index is 921. The maximum absolute atomic E-state index is 10.8. The molecule has 2 aromatic rings. The van der Waals surface area contributed by atoms with Gasteiger partial charge in [0.15, 0.2) is 0 Å². The summed E-state index contributed by atoms with van der Waals surface area (Å²) in [7, 11) is -9.00. The third-order valence-corrected chi connectivity index (χ3v) is 5.06. The van der Waals surface area contributed by atoms with E-state index in [0.717, 1.165) is 50.7 Å². The first kappa shape index (κ1) is 32.1. The summed E-state index contributed by atoms with van der Waals surface area (Å²) in [6.07, 6.45) is 0. The van der Waals surface area contributed by atoms with E-state index in [4.69, 9.17) is 9.47 Å². The third kappa shape index (κ3) is 15.9. The predicted molar refractivity (Wildman–Crippen MR) is 125 cm³/mol. The highest BCUT2D eigenvalue weighted by molar-refractivity contribution is 7.86. The minimum atomic E-state index is -4.50. The van der Waals surface area contributed by atoms with Crippen LogP contribution in [0.3, 0.4) is 0 Å². The van der Waals surface area contributed by atoms with Crippen molar-refractivity contribution in [3.05, 3.63) is 48.5 Å². The molecule has 0 unspecified atom stereocenters. The summed E-state index contributed by atoms with van der Waals surface area (Å²) in [5, 5.41) is 0. The molecule has 0 saturated carbocycles. The maximum atomic E-state index is 10.8. The average molecular weight is 521 g/mol. The normalized spacial score (nSPS) is 13.6. The lowest BCUT2D eigenvalue weighted by Gasteiger charge is -2.09. The van der Waals surface area contributed by atoms with Crippen LogP contribution in [-0.4, -0.2) is 64.5 Å². The Balaban J connectivity index is 0.000000632. The Morgan fingerprint density at radius 1 is 0.618 bits per heavy atom. The largest absolute Gasteiger partial charge is 0.744 e. The van der Waals surface area contributed by atoms with Gasteiger partial charge in [-0.25, -0.2) is 16.8 Å². The van der Waals surface area contributed by atoms with Crippen LogP contribution < -0.4 is 11.5 Å². The van der Waals surface area contributed by atoms with Crippen molar-refractivity contribution in [2.24, 2.45) is 0 Å². The molecule has 0 spiro atoms. The van der Waals surface area contributed by atoms with Crippen LogP contribution in [0.1, 0.15) is 27.7 Å². The number of hydrogen-bond acceptors (Lipinski definition) is 8. The molecule has 3 rings (SSSR count). The summed E-state index contributed by atoms with van der Waals surface area (Å²) in [6.45, 7) is 11.3. The monoisotopic (exact) mass is 520 g/mol. The average Bonchev–Trinajstić information content (AvgIpc) is 2.74. The van der Waals surface area contributed by atoms with E-state index >= 15 is 0 Å². The van der Waals surface area contributed by atoms with Gasteiger partial charge in [0, 0.05) is 0 Å². The molecule has 10 nitrogen and oxygen atoms in total. The molecule has 0 aliphatic carbocycles. The molecule has 2 aromatic carbocycles. The van der Waals surface area contributed by atoms with Gasteiger partial charge in [-0.05, 0) is 63.1 Å². The van der Waals surface area contributed by atoms with Gasteiger partial charge in [-0.3, -0.25) is 0 Å². The standard InChI is InChI=1S/C12H10O6S2.C4H8O2.2C3H9N/c13-19(14,15)11-5-1-9(2-6-11)10-3-7-12(8-4-10)20(16,17)18;1-2-6-4-3-5-1;2*1-3(2)4/h1-8H,(H,13,14,15)(H,16,17,18);1-4H2;2*3H,4H2,1-2H3. The zero-order valence-electron chi connectivity index (χ0n) is 20.1. The first-order valence-corrected chi connectivity index (χ1v) is 13.4. The fourth-order valence-corrected chi connectivity index (χ4v) is 3.01. The summed E-state index contributed by atoms with van der Waals surface area (Å²) in [6, 6.07) is 11.5. The molecule has 1 heterocycles. The van der Waals surface area contributed by atoms with Crippen molar-refractivity contribution in [3.8, 4) is 11.1 Å². The molecule has 1 saturated heterocycles. The Morgan fingerprint density at radius 2 is 0.824 bits per heavy atom. The first-order chi connectivity index (χ1) is 15.6. The van der Waals surface area contributed by atoms with Crippen LogP contribution in [0.4, 0.5) is 0 Å². The van der Waals surface area contributed by atoms with Gasteiger partial charge in [0.2, 0.25) is 0 Å². The first-order valence-electron chi connectivity index (χ1n) is 10.6. The molecule has 12 heteroatoms. The Morgan fingerprint density at radius 3 is 0.971 bits per heavy atom. The Labute approximate surface area is 202 Å². The van der Waals surface area contributed by atoms with E-state index in [0.29, 0.717) is 23.2 Å². The van der Waals surface area contributed by atoms with Crippen LogP contribution in [0, 0.1) is 0 Å². The molecule has 1 fully saturated rings. The number of quaternary nitrogens is 2. The smallest absolute Gasteiger partial charge is 0.124 e. The fraction of sp³-hybridized carbons (Fsp3) is 0.455. The zero-order chi connectivity index (χ0) is 26.4. The van der Waals surface area contributed by atoms with Crippen molar-refractivity contribution in [2.75, 3.05) is 26.4 Å². The molecule has 6 N–H and O–H groups in total. The number of rotatable bonds is 3. The minimum Gasteiger partial charge on any atom is -0.744 e. The molecule has 0 amide bonds. The van der Waals surface area contributed by atoms with E-state index in [1.165, 1.54) is 24.3 Å². The van der Waals surface area contributed by atoms with E-state index in [1.54, 1.807) is 0 Å². The molecule has 194 valence electrons. The third-order valence-electron chi connectivity index (χ3n) is 3.36. The second kappa shape index (κ2) is 15.9. The van der Waals surface area contributed by atoms with E-state index < -0.39 is 20.2 Å². The number of benzene rings is 2. The zero-order valence-corrected chi connectivity index (χ0v) is 21.7. The molecule has 0 atom stereocenters. The van der Waals surface area contributed by atoms with E-state index in [2.05, 4.69) is 39.2 Å². The Kier molecular flexibility index (Phi) is 15.0. The summed E-state index contributed by atoms with van der Waals surface area (Å²) in [5.74, 6) is 0. The summed E-state index contributed by atoms with van der Waals surface area (Å²) >= 11 is 0. The summed E-state index contributed by atoms with van der Waals surface area (Å²) in [4.78, 5) is -0.694. The van der Waals surface area contributed by atoms with Crippen molar-refractivity contribution in [2.45, 2.75) is 49.6 Å². The second-order valence-corrected chi connectivity index (χ2v) is 10.7. The highest BCUT2D eigenvalue weighted by Crippen LogP contribution is 2.22. The number of hydrogen-bond donors (Lipinski definition) is 2. The minimum absolute atomic E-state index is 0.347. The highest BCUT2D eigenvalue weighted by atomic mass is 32.2. The molecule has 0 aromatic heterocycles. The van der Waals surface area contributed by atoms with Crippen LogP contribution in [0.5, 0.6) is 0 Å². The lowest BCUT2D eigenvalue weighted by molar-refractivity contribution is -0.408. The molecule has 34 heavy (non-hydrogen) atoms. The predicted octanol–water partition coefficient (Wildman–Crippen LogP) is 0.468. The van der Waals surface area contributed by atoms with Crippen molar-refractivity contribution in [1.82, 2.24) is 0 Å². The van der Waals surface area contributed by atoms with E-state index in [1.807, 2.05) is 0 Å². The van der Waals surface area contributed by atoms with E-state index in [9.17, 15) is 25.9 Å². The van der Waals surface area contributed by atoms with Crippen molar-refractivity contribution >= 4 is 20.2 Å². The molecule has 0 bridgehead atoms. The van der Waals surface area contributed by atoms with E-state index in [-0.39, 0.29) is 9.79 Å². The van der Waals surface area contributed by atoms with Gasteiger partial charge in [0.25, 0.3) is 0 Å². The maximum Gasteiger partial charge on any atom is 0.124 e. The fourth-order valence-electron chi connectivity index (χ4n) is 2.07. The summed E-state index contributed by atoms with van der Waals surface area (Å²) < 4.78 is 74.6. The van der Waals surface area contributed by atoms with Crippen molar-refractivity contribution < 1.29 is 46.9 Å². The SMILES string of the molecule is C1COCCO1.CC(C)[NH3+].CC(C)[NH3+].O=S(=O)([O-])c1ccc(-c2ccc(S(=O)(=O)[O-])cc2)cc1. The van der Waals surface area contributed by atoms with Crippen LogP contribution in [0.25, 0.3) is 11.1 Å². The molecule has 0 radical (unpaired) electrons. The lowest BCUT2D eigenvalue weighted by atomic mass is 10.1. The summed E-state index contributed by atoms with van der Waals surface area (Å²) in [5.41, 5.74) is 8.46. The van der Waals surface area contributed by atoms with Crippen molar-refractivity contribution in [3.63, 3.8) is 0 Å². The van der Waals surface area contributed by atoms with Gasteiger partial charge < -0.3 is 30.0 Å². The van der Waals surface area contributed by atoms with Gasteiger partial charge in [-0.1, -0.05) is 24.3 Å². The molecular weight excluding hydrogens is 484 g/mol. The molecule has 1 aliphatic rings. The Hall–Kier alpha value is -1.90. The van der Waals surface area contributed by atoms with Crippen LogP contribution in [-0.2, 0) is 29.7 Å². The van der Waals surface area contributed by atoms with Gasteiger partial charge >= 0.3 is 0 Å². The lowest BCUT2D eigenvalue weighted by Crippen LogP contribution is -2.57. The quantitative estimate of drug-likeness (QED) is 0.546. The molecular formula is C22H36N2O8S2. The van der Waals surface area contributed by atoms with Crippen LogP contribution >= 0.6 is 0 Å². The van der Waals surface area contributed by atoms with Gasteiger partial charge in [0.05, 0.1) is 48.3 Å².